The van der Waals surface area contributed by atoms with Crippen molar-refractivity contribution in [2.75, 3.05) is 36.2 Å². The molecule has 1 fully saturated rings. The van der Waals surface area contributed by atoms with E-state index in [-0.39, 0.29) is 5.25 Å². The highest BCUT2D eigenvalue weighted by Gasteiger charge is 2.28. The number of rotatable bonds is 4. The van der Waals surface area contributed by atoms with Crippen LogP contribution in [0.25, 0.3) is 0 Å². The third-order valence-electron chi connectivity index (χ3n) is 4.23. The zero-order chi connectivity index (χ0) is 16.5. The maximum Gasteiger partial charge on any atom is 0.227 e. The van der Waals surface area contributed by atoms with Crippen molar-refractivity contribution in [2.24, 2.45) is 0 Å². The second-order valence-corrected chi connectivity index (χ2v) is 8.74. The van der Waals surface area contributed by atoms with Crippen LogP contribution in [0.4, 0.5) is 11.8 Å². The van der Waals surface area contributed by atoms with Crippen LogP contribution in [0.1, 0.15) is 32.4 Å². The van der Waals surface area contributed by atoms with Gasteiger partial charge in [-0.05, 0) is 33.6 Å². The average molecular weight is 326 g/mol. The van der Waals surface area contributed by atoms with Crippen LogP contribution >= 0.6 is 0 Å². The van der Waals surface area contributed by atoms with Gasteiger partial charge < -0.3 is 9.80 Å². The normalized spacial score (nSPS) is 19.5. The van der Waals surface area contributed by atoms with Crippen molar-refractivity contribution in [1.82, 2.24) is 9.97 Å². The first-order chi connectivity index (χ1) is 10.2. The van der Waals surface area contributed by atoms with Crippen molar-refractivity contribution < 1.29 is 8.42 Å². The predicted octanol–water partition coefficient (Wildman–Crippen LogP) is 1.64. The van der Waals surface area contributed by atoms with Crippen molar-refractivity contribution in [3.63, 3.8) is 0 Å². The van der Waals surface area contributed by atoms with Crippen LogP contribution in [-0.4, -0.2) is 56.1 Å². The molecule has 7 heteroatoms. The lowest BCUT2D eigenvalue weighted by Crippen LogP contribution is -2.42. The smallest absolute Gasteiger partial charge is 0.227 e. The number of aromatic nitrogens is 2. The van der Waals surface area contributed by atoms with E-state index >= 15 is 0 Å². The van der Waals surface area contributed by atoms with E-state index in [4.69, 9.17) is 0 Å². The molecule has 0 spiro atoms. The summed E-state index contributed by atoms with van der Waals surface area (Å²) in [6, 6.07) is 2.24. The number of anilines is 2. The largest absolute Gasteiger partial charge is 0.355 e. The van der Waals surface area contributed by atoms with Crippen LogP contribution in [0.15, 0.2) is 6.07 Å². The lowest BCUT2D eigenvalue weighted by Gasteiger charge is -2.33. The molecule has 0 amide bonds. The van der Waals surface area contributed by atoms with Crippen molar-refractivity contribution in [3.8, 4) is 0 Å². The van der Waals surface area contributed by atoms with E-state index in [0.29, 0.717) is 18.5 Å². The zero-order valence-corrected chi connectivity index (χ0v) is 14.9. The van der Waals surface area contributed by atoms with Crippen LogP contribution < -0.4 is 9.80 Å². The fourth-order valence-electron chi connectivity index (χ4n) is 2.58. The van der Waals surface area contributed by atoms with Gasteiger partial charge >= 0.3 is 0 Å². The monoisotopic (exact) mass is 326 g/mol. The number of piperidine rings is 1. The van der Waals surface area contributed by atoms with Gasteiger partial charge in [-0.15, -0.1) is 0 Å². The Hall–Kier alpha value is -1.37. The Balaban J connectivity index is 2.28. The minimum atomic E-state index is -3.01. The lowest BCUT2D eigenvalue weighted by molar-refractivity contribution is 0.533. The number of hydrogen-bond donors (Lipinski definition) is 0. The van der Waals surface area contributed by atoms with Crippen LogP contribution in [0.3, 0.4) is 0 Å². The quantitative estimate of drug-likeness (QED) is 0.838. The minimum Gasteiger partial charge on any atom is -0.355 e. The van der Waals surface area contributed by atoms with Crippen molar-refractivity contribution in [1.29, 1.82) is 0 Å². The molecule has 6 nitrogen and oxygen atoms in total. The highest BCUT2D eigenvalue weighted by atomic mass is 32.2. The molecule has 0 aliphatic carbocycles. The molecule has 1 saturated heterocycles. The molecule has 1 aliphatic heterocycles. The Kier molecular flexibility index (Phi) is 4.94. The highest BCUT2D eigenvalue weighted by molar-refractivity contribution is 7.91. The summed E-state index contributed by atoms with van der Waals surface area (Å²) in [5.41, 5.74) is 0.897. The molecule has 2 rings (SSSR count). The first-order valence-corrected chi connectivity index (χ1v) is 9.66. The summed E-state index contributed by atoms with van der Waals surface area (Å²) in [6.45, 7) is 7.48. The van der Waals surface area contributed by atoms with Crippen LogP contribution in [0.5, 0.6) is 0 Å². The third kappa shape index (κ3) is 3.88. The van der Waals surface area contributed by atoms with E-state index in [1.807, 2.05) is 24.9 Å². The van der Waals surface area contributed by atoms with Gasteiger partial charge in [0.05, 0.1) is 5.25 Å². The number of aryl methyl sites for hydroxylation is 1. The van der Waals surface area contributed by atoms with Gasteiger partial charge in [0.1, 0.15) is 5.82 Å². The SMILES string of the molecule is Cc1cc(N2CCCC(S(C)(=O)=O)C2)nc(N(C)C(C)C)n1. The molecule has 0 N–H and O–H groups in total. The molecule has 2 heterocycles. The molecule has 0 bridgehead atoms. The van der Waals surface area contributed by atoms with E-state index < -0.39 is 9.84 Å². The third-order valence-corrected chi connectivity index (χ3v) is 5.82. The van der Waals surface area contributed by atoms with E-state index in [0.717, 1.165) is 30.9 Å². The predicted molar refractivity (Wildman–Crippen MR) is 90.4 cm³/mol. The minimum absolute atomic E-state index is 0.303. The molecule has 0 aromatic carbocycles. The molecule has 1 aromatic rings. The topological polar surface area (TPSA) is 66.4 Å². The van der Waals surface area contributed by atoms with Gasteiger partial charge in [0.2, 0.25) is 5.95 Å². The van der Waals surface area contributed by atoms with Gasteiger partial charge in [-0.1, -0.05) is 0 Å². The van der Waals surface area contributed by atoms with Crippen molar-refractivity contribution in [2.45, 2.75) is 44.9 Å². The van der Waals surface area contributed by atoms with E-state index in [9.17, 15) is 8.42 Å². The summed E-state index contributed by atoms with van der Waals surface area (Å²) >= 11 is 0. The Labute approximate surface area is 133 Å². The standard InChI is InChI=1S/C15H26N4O2S/c1-11(2)18(4)15-16-12(3)9-14(17-15)19-8-6-7-13(10-19)22(5,20)21/h9,11,13H,6-8,10H2,1-5H3. The Morgan fingerprint density at radius 1 is 1.36 bits per heavy atom. The molecular formula is C15H26N4O2S. The lowest BCUT2D eigenvalue weighted by atomic mass is 10.1. The molecule has 0 saturated carbocycles. The molecule has 1 atom stereocenters. The van der Waals surface area contributed by atoms with Crippen molar-refractivity contribution in [3.05, 3.63) is 11.8 Å². The maximum absolute atomic E-state index is 11.8. The summed E-state index contributed by atoms with van der Waals surface area (Å²) in [6.07, 6.45) is 2.93. The van der Waals surface area contributed by atoms with Crippen molar-refractivity contribution >= 4 is 21.6 Å². The van der Waals surface area contributed by atoms with Gasteiger partial charge in [0.15, 0.2) is 9.84 Å². The first kappa shape index (κ1) is 17.0. The molecular weight excluding hydrogens is 300 g/mol. The molecule has 124 valence electrons. The van der Waals surface area contributed by atoms with Crippen LogP contribution in [-0.2, 0) is 9.84 Å². The van der Waals surface area contributed by atoms with Gasteiger partial charge in [0.25, 0.3) is 0 Å². The van der Waals surface area contributed by atoms with Crippen LogP contribution in [0.2, 0.25) is 0 Å². The molecule has 1 aromatic heterocycles. The van der Waals surface area contributed by atoms with E-state index in [1.165, 1.54) is 6.26 Å². The summed E-state index contributed by atoms with van der Waals surface area (Å²) in [7, 11) is -1.04. The zero-order valence-electron chi connectivity index (χ0n) is 14.1. The second kappa shape index (κ2) is 6.40. The summed E-state index contributed by atoms with van der Waals surface area (Å²) in [5, 5.41) is -0.303. The second-order valence-electron chi connectivity index (χ2n) is 6.41. The van der Waals surface area contributed by atoms with E-state index in [1.54, 1.807) is 0 Å². The Morgan fingerprint density at radius 2 is 2.05 bits per heavy atom. The molecule has 1 unspecified atom stereocenters. The Morgan fingerprint density at radius 3 is 2.64 bits per heavy atom. The number of sulfone groups is 1. The fraction of sp³-hybridized carbons (Fsp3) is 0.733. The first-order valence-electron chi connectivity index (χ1n) is 7.71. The van der Waals surface area contributed by atoms with Gasteiger partial charge in [-0.3, -0.25) is 0 Å². The van der Waals surface area contributed by atoms with Gasteiger partial charge in [-0.25, -0.2) is 13.4 Å². The number of hydrogen-bond acceptors (Lipinski definition) is 6. The number of nitrogens with zero attached hydrogens (tertiary/aromatic N) is 4. The average Bonchev–Trinajstić information content (AvgIpc) is 2.45. The van der Waals surface area contributed by atoms with Gasteiger partial charge in [0, 0.05) is 44.2 Å². The fourth-order valence-corrected chi connectivity index (χ4v) is 3.63. The molecule has 22 heavy (non-hydrogen) atoms. The van der Waals surface area contributed by atoms with E-state index in [2.05, 4.69) is 28.7 Å². The summed E-state index contributed by atoms with van der Waals surface area (Å²) in [5.74, 6) is 1.51. The Bertz CT molecular complexity index is 630. The maximum atomic E-state index is 11.8. The highest BCUT2D eigenvalue weighted by Crippen LogP contribution is 2.24. The summed E-state index contributed by atoms with van der Waals surface area (Å²) in [4.78, 5) is 13.2. The summed E-state index contributed by atoms with van der Waals surface area (Å²) < 4.78 is 23.7. The molecule has 0 radical (unpaired) electrons. The molecule has 1 aliphatic rings. The van der Waals surface area contributed by atoms with Crippen LogP contribution in [0, 0.1) is 6.92 Å². The van der Waals surface area contributed by atoms with Gasteiger partial charge in [-0.2, -0.15) is 4.98 Å².